The maximum atomic E-state index is 14.3. The standard InChI is InChI=1S/C18H29FO/c1-7-15(14-9-11-18(5,6)12-10-14)17(20-8-2)16(19)13(3)4/h7,14H,3,8-12H2,1-2,4-6H3/b15-7-,17-16-. The van der Waals surface area contributed by atoms with E-state index >= 15 is 0 Å². The van der Waals surface area contributed by atoms with Gasteiger partial charge in [0.05, 0.1) is 6.61 Å². The third-order valence-corrected chi connectivity index (χ3v) is 4.21. The summed E-state index contributed by atoms with van der Waals surface area (Å²) in [5, 5.41) is 0. The summed E-state index contributed by atoms with van der Waals surface area (Å²) >= 11 is 0. The van der Waals surface area contributed by atoms with Gasteiger partial charge in [0, 0.05) is 0 Å². The average Bonchev–Trinajstić information content (AvgIpc) is 2.39. The number of hydrogen-bond donors (Lipinski definition) is 0. The van der Waals surface area contributed by atoms with Crippen molar-refractivity contribution in [2.75, 3.05) is 6.61 Å². The molecule has 0 radical (unpaired) electrons. The van der Waals surface area contributed by atoms with E-state index in [1.807, 2.05) is 19.9 Å². The van der Waals surface area contributed by atoms with Crippen molar-refractivity contribution < 1.29 is 9.13 Å². The van der Waals surface area contributed by atoms with Crippen LogP contribution in [0.3, 0.4) is 0 Å². The van der Waals surface area contributed by atoms with Crippen molar-refractivity contribution in [2.45, 2.75) is 60.3 Å². The largest absolute Gasteiger partial charge is 0.491 e. The summed E-state index contributed by atoms with van der Waals surface area (Å²) in [6.07, 6.45) is 6.59. The molecule has 0 aromatic heterocycles. The van der Waals surface area contributed by atoms with Crippen molar-refractivity contribution >= 4 is 0 Å². The lowest BCUT2D eigenvalue weighted by molar-refractivity contribution is 0.186. The molecule has 1 fully saturated rings. The number of ether oxygens (including phenoxy) is 1. The van der Waals surface area contributed by atoms with Gasteiger partial charge in [-0.3, -0.25) is 0 Å². The van der Waals surface area contributed by atoms with Crippen molar-refractivity contribution in [2.24, 2.45) is 11.3 Å². The van der Waals surface area contributed by atoms with Crippen LogP contribution in [-0.4, -0.2) is 6.61 Å². The summed E-state index contributed by atoms with van der Waals surface area (Å²) in [5.41, 5.74) is 1.87. The van der Waals surface area contributed by atoms with Crippen LogP contribution in [0.2, 0.25) is 0 Å². The van der Waals surface area contributed by atoms with Crippen LogP contribution in [0, 0.1) is 11.3 Å². The highest BCUT2D eigenvalue weighted by Gasteiger charge is 2.31. The average molecular weight is 280 g/mol. The highest BCUT2D eigenvalue weighted by molar-refractivity contribution is 5.37. The fraction of sp³-hybridized carbons (Fsp3) is 0.667. The molecule has 0 heterocycles. The Bertz CT molecular complexity index is 405. The van der Waals surface area contributed by atoms with Crippen LogP contribution in [0.15, 0.2) is 35.4 Å². The Kier molecular flexibility index (Phi) is 6.04. The zero-order chi connectivity index (χ0) is 15.3. The first kappa shape index (κ1) is 17.0. The van der Waals surface area contributed by atoms with Gasteiger partial charge in [0.1, 0.15) is 0 Å². The molecule has 2 heteroatoms. The van der Waals surface area contributed by atoms with Gasteiger partial charge in [0.2, 0.25) is 0 Å². The molecule has 1 aliphatic rings. The molecule has 0 N–H and O–H groups in total. The minimum Gasteiger partial charge on any atom is -0.491 e. The zero-order valence-electron chi connectivity index (χ0n) is 13.7. The summed E-state index contributed by atoms with van der Waals surface area (Å²) < 4.78 is 19.9. The van der Waals surface area contributed by atoms with Gasteiger partial charge < -0.3 is 4.74 Å². The second kappa shape index (κ2) is 7.10. The molecule has 20 heavy (non-hydrogen) atoms. The summed E-state index contributed by atoms with van der Waals surface area (Å²) in [4.78, 5) is 0. The van der Waals surface area contributed by atoms with Gasteiger partial charge in [0.25, 0.3) is 0 Å². The van der Waals surface area contributed by atoms with Crippen LogP contribution < -0.4 is 0 Å². The molecule has 1 rings (SSSR count). The van der Waals surface area contributed by atoms with E-state index < -0.39 is 0 Å². The van der Waals surface area contributed by atoms with Crippen LogP contribution in [0.5, 0.6) is 0 Å². The quantitative estimate of drug-likeness (QED) is 0.447. The lowest BCUT2D eigenvalue weighted by atomic mass is 9.70. The summed E-state index contributed by atoms with van der Waals surface area (Å²) in [6.45, 7) is 14.4. The highest BCUT2D eigenvalue weighted by atomic mass is 19.1. The minimum atomic E-state index is -0.301. The second-order valence-corrected chi connectivity index (χ2v) is 6.54. The van der Waals surface area contributed by atoms with Gasteiger partial charge in [-0.2, -0.15) is 0 Å². The van der Waals surface area contributed by atoms with E-state index in [2.05, 4.69) is 20.4 Å². The first-order valence-electron chi connectivity index (χ1n) is 7.67. The topological polar surface area (TPSA) is 9.23 Å². The van der Waals surface area contributed by atoms with Gasteiger partial charge in [0.15, 0.2) is 11.6 Å². The Labute approximate surface area is 123 Å². The Morgan fingerprint density at radius 2 is 1.90 bits per heavy atom. The Hall–Kier alpha value is -1.05. The van der Waals surface area contributed by atoms with E-state index in [4.69, 9.17) is 4.74 Å². The Balaban J connectivity index is 2.99. The molecule has 0 saturated heterocycles. The predicted molar refractivity (Wildman–Crippen MR) is 84.1 cm³/mol. The van der Waals surface area contributed by atoms with Gasteiger partial charge in [-0.1, -0.05) is 26.5 Å². The van der Waals surface area contributed by atoms with Crippen LogP contribution in [-0.2, 0) is 4.74 Å². The van der Waals surface area contributed by atoms with Gasteiger partial charge in [-0.15, -0.1) is 0 Å². The maximum Gasteiger partial charge on any atom is 0.167 e. The number of hydrogen-bond acceptors (Lipinski definition) is 1. The van der Waals surface area contributed by atoms with E-state index in [9.17, 15) is 4.39 Å². The third-order valence-electron chi connectivity index (χ3n) is 4.21. The maximum absolute atomic E-state index is 14.3. The van der Waals surface area contributed by atoms with Gasteiger partial charge in [-0.25, -0.2) is 4.39 Å². The van der Waals surface area contributed by atoms with E-state index in [-0.39, 0.29) is 5.83 Å². The lowest BCUT2D eigenvalue weighted by Crippen LogP contribution is -2.23. The van der Waals surface area contributed by atoms with Crippen LogP contribution >= 0.6 is 0 Å². The molecule has 1 nitrogen and oxygen atoms in total. The normalized spacial score (nSPS) is 21.4. The Morgan fingerprint density at radius 3 is 2.30 bits per heavy atom. The SMILES string of the molecule is C=C(C)/C(F)=C(OCC)\C(=C/C)C1CCC(C)(C)CC1. The molecule has 0 bridgehead atoms. The number of allylic oxidation sites excluding steroid dienone is 4. The van der Waals surface area contributed by atoms with Crippen molar-refractivity contribution in [3.05, 3.63) is 35.4 Å². The van der Waals surface area contributed by atoms with Crippen molar-refractivity contribution in [3.63, 3.8) is 0 Å². The summed E-state index contributed by atoms with van der Waals surface area (Å²) in [5.74, 6) is 0.511. The van der Waals surface area contributed by atoms with Gasteiger partial charge in [-0.05, 0) is 68.9 Å². The van der Waals surface area contributed by atoms with E-state index in [0.717, 1.165) is 18.4 Å². The van der Waals surface area contributed by atoms with Gasteiger partial charge >= 0.3 is 0 Å². The van der Waals surface area contributed by atoms with Crippen molar-refractivity contribution in [1.29, 1.82) is 0 Å². The molecular weight excluding hydrogens is 251 g/mol. The fourth-order valence-electron chi connectivity index (χ4n) is 2.87. The molecule has 0 aliphatic heterocycles. The number of rotatable bonds is 5. The second-order valence-electron chi connectivity index (χ2n) is 6.54. The molecule has 1 saturated carbocycles. The van der Waals surface area contributed by atoms with E-state index in [1.165, 1.54) is 12.8 Å². The molecule has 0 spiro atoms. The number of halogens is 1. The van der Waals surface area contributed by atoms with E-state index in [0.29, 0.717) is 29.3 Å². The molecule has 114 valence electrons. The predicted octanol–water partition coefficient (Wildman–Crippen LogP) is 5.94. The van der Waals surface area contributed by atoms with Crippen LogP contribution in [0.1, 0.15) is 60.3 Å². The highest BCUT2D eigenvalue weighted by Crippen LogP contribution is 2.43. The zero-order valence-corrected chi connectivity index (χ0v) is 13.7. The van der Waals surface area contributed by atoms with Crippen LogP contribution in [0.25, 0.3) is 0 Å². The first-order valence-corrected chi connectivity index (χ1v) is 7.67. The monoisotopic (exact) mass is 280 g/mol. The first-order chi connectivity index (χ1) is 9.32. The Morgan fingerprint density at radius 1 is 1.35 bits per heavy atom. The lowest BCUT2D eigenvalue weighted by Gasteiger charge is -2.35. The van der Waals surface area contributed by atoms with Crippen LogP contribution in [0.4, 0.5) is 4.39 Å². The fourth-order valence-corrected chi connectivity index (χ4v) is 2.87. The molecular formula is C18H29FO. The molecule has 0 atom stereocenters. The summed E-state index contributed by atoms with van der Waals surface area (Å²) in [7, 11) is 0. The third kappa shape index (κ3) is 4.22. The molecule has 0 unspecified atom stereocenters. The van der Waals surface area contributed by atoms with E-state index in [1.54, 1.807) is 6.92 Å². The summed E-state index contributed by atoms with van der Waals surface area (Å²) in [6, 6.07) is 0. The smallest absolute Gasteiger partial charge is 0.167 e. The molecule has 0 aromatic carbocycles. The minimum absolute atomic E-state index is 0.301. The molecule has 0 amide bonds. The molecule has 1 aliphatic carbocycles. The van der Waals surface area contributed by atoms with Crippen molar-refractivity contribution in [3.8, 4) is 0 Å². The molecule has 0 aromatic rings. The van der Waals surface area contributed by atoms with Crippen molar-refractivity contribution in [1.82, 2.24) is 0 Å².